The van der Waals surface area contributed by atoms with E-state index in [0.29, 0.717) is 10.8 Å². The molecule has 0 saturated heterocycles. The zero-order valence-electron chi connectivity index (χ0n) is 16.2. The lowest BCUT2D eigenvalue weighted by molar-refractivity contribution is -0.143. The minimum absolute atomic E-state index is 0.173. The van der Waals surface area contributed by atoms with E-state index in [1.165, 1.54) is 19.2 Å². The van der Waals surface area contributed by atoms with E-state index in [4.69, 9.17) is 15.2 Å². The molecule has 1 aromatic heterocycles. The molecule has 2 heterocycles. The van der Waals surface area contributed by atoms with Crippen LogP contribution < -0.4 is 10.5 Å². The van der Waals surface area contributed by atoms with Gasteiger partial charge in [-0.15, -0.1) is 0 Å². The minimum atomic E-state index is -4.93. The van der Waals surface area contributed by atoms with Gasteiger partial charge < -0.3 is 15.2 Å². The summed E-state index contributed by atoms with van der Waals surface area (Å²) in [6.45, 7) is 0. The van der Waals surface area contributed by atoms with Crippen molar-refractivity contribution in [2.75, 3.05) is 7.11 Å². The molecule has 2 N–H and O–H groups in total. The molecule has 0 saturated carbocycles. The van der Waals surface area contributed by atoms with Crippen molar-refractivity contribution in [3.05, 3.63) is 70.2 Å². The maximum absolute atomic E-state index is 14.1. The predicted octanol–water partition coefficient (Wildman–Crippen LogP) is 2.81. The fraction of sp³-hybridized carbons (Fsp3) is 0.190. The van der Waals surface area contributed by atoms with Crippen molar-refractivity contribution >= 4 is 22.5 Å². The number of esters is 1. The van der Waals surface area contributed by atoms with E-state index in [1.54, 1.807) is 24.3 Å². The molecule has 1 aliphatic heterocycles. The molecule has 5 rings (SSSR count). The van der Waals surface area contributed by atoms with Crippen LogP contribution in [0, 0.1) is 0 Å². The van der Waals surface area contributed by atoms with Gasteiger partial charge in [-0.05, 0) is 16.3 Å². The van der Waals surface area contributed by atoms with Gasteiger partial charge in [0.2, 0.25) is 11.8 Å². The van der Waals surface area contributed by atoms with Gasteiger partial charge in [0.1, 0.15) is 11.0 Å². The predicted molar refractivity (Wildman–Crippen MR) is 101 cm³/mol. The molecule has 2 aliphatic rings. The number of benzene rings is 2. The number of hydrogen-bond donors (Lipinski definition) is 1. The van der Waals surface area contributed by atoms with Gasteiger partial charge >= 0.3 is 12.1 Å². The monoisotopic (exact) mass is 429 g/mol. The number of nitrogens with zero attached hydrogens (tertiary/aromatic N) is 2. The number of methoxy groups -OCH3 is 1. The average molecular weight is 429 g/mol. The summed E-state index contributed by atoms with van der Waals surface area (Å²) in [4.78, 5) is 26.8. The number of fused-ring (bicyclic) bond motifs is 3. The van der Waals surface area contributed by atoms with Crippen LogP contribution in [-0.4, -0.2) is 28.6 Å². The number of nitrogens with two attached hydrogens (primary N) is 1. The van der Waals surface area contributed by atoms with Crippen molar-refractivity contribution in [1.82, 2.24) is 9.78 Å². The van der Waals surface area contributed by atoms with Crippen LogP contribution in [0.1, 0.15) is 27.2 Å². The lowest BCUT2D eigenvalue weighted by Gasteiger charge is -2.35. The topological polar surface area (TPSA) is 96.4 Å². The maximum atomic E-state index is 14.1. The van der Waals surface area contributed by atoms with Crippen LogP contribution in [0.3, 0.4) is 0 Å². The number of hydrogen-bond acceptors (Lipinski definition) is 6. The first-order valence-electron chi connectivity index (χ1n) is 9.12. The smallest absolute Gasteiger partial charge is 0.435 e. The summed E-state index contributed by atoms with van der Waals surface area (Å²) in [5.41, 5.74) is 1.75. The normalized spacial score (nSPS) is 19.7. The zero-order chi connectivity index (χ0) is 22.3. The quantitative estimate of drug-likeness (QED) is 0.598. The highest BCUT2D eigenvalue weighted by Gasteiger charge is 2.63. The van der Waals surface area contributed by atoms with Gasteiger partial charge in [-0.1, -0.05) is 36.4 Å². The van der Waals surface area contributed by atoms with E-state index in [2.05, 4.69) is 5.10 Å². The number of carbonyl (C=O) groups is 2. The number of ether oxygens (including phenoxy) is 2. The summed E-state index contributed by atoms with van der Waals surface area (Å²) < 4.78 is 53.3. The number of alkyl halides is 3. The molecule has 1 aliphatic carbocycles. The first kappa shape index (κ1) is 19.2. The summed E-state index contributed by atoms with van der Waals surface area (Å²) >= 11 is 0. The van der Waals surface area contributed by atoms with Crippen molar-refractivity contribution in [2.45, 2.75) is 11.6 Å². The Morgan fingerprint density at radius 3 is 2.55 bits per heavy atom. The van der Waals surface area contributed by atoms with Gasteiger partial charge in [-0.3, -0.25) is 4.79 Å². The second-order valence-electron chi connectivity index (χ2n) is 7.27. The van der Waals surface area contributed by atoms with Crippen LogP contribution in [0.5, 0.6) is 5.88 Å². The van der Waals surface area contributed by atoms with Gasteiger partial charge in [-0.2, -0.15) is 18.3 Å². The molecule has 2 aromatic carbocycles. The zero-order valence-corrected chi connectivity index (χ0v) is 16.2. The molecule has 158 valence electrons. The largest absolute Gasteiger partial charge is 0.465 e. The number of ketones is 1. The van der Waals surface area contributed by atoms with E-state index in [-0.39, 0.29) is 17.0 Å². The Morgan fingerprint density at radius 1 is 1.23 bits per heavy atom. The van der Waals surface area contributed by atoms with Gasteiger partial charge in [0.25, 0.3) is 0 Å². The Morgan fingerprint density at radius 2 is 1.90 bits per heavy atom. The first-order chi connectivity index (χ1) is 14.6. The van der Waals surface area contributed by atoms with Gasteiger partial charge in [-0.25, -0.2) is 9.48 Å². The molecular formula is C21H14F3N3O4. The fourth-order valence-electron chi connectivity index (χ4n) is 4.65. The van der Waals surface area contributed by atoms with Crippen LogP contribution in [0.2, 0.25) is 0 Å². The molecule has 0 radical (unpaired) electrons. The van der Waals surface area contributed by atoms with E-state index < -0.39 is 46.1 Å². The first-order valence-corrected chi connectivity index (χ1v) is 9.12. The average Bonchev–Trinajstić information content (AvgIpc) is 3.18. The van der Waals surface area contributed by atoms with Crippen molar-refractivity contribution < 1.29 is 32.2 Å². The van der Waals surface area contributed by atoms with Crippen LogP contribution in [0.4, 0.5) is 13.2 Å². The summed E-state index contributed by atoms with van der Waals surface area (Å²) in [7, 11) is 2.29. The molecule has 1 unspecified atom stereocenters. The Bertz CT molecular complexity index is 1350. The third-order valence-corrected chi connectivity index (χ3v) is 5.75. The second-order valence-corrected chi connectivity index (χ2v) is 7.27. The van der Waals surface area contributed by atoms with E-state index >= 15 is 0 Å². The minimum Gasteiger partial charge on any atom is -0.465 e. The van der Waals surface area contributed by atoms with Crippen LogP contribution in [0.15, 0.2) is 47.9 Å². The molecule has 1 atom stereocenters. The number of rotatable bonds is 1. The second kappa shape index (κ2) is 5.87. The number of halogens is 3. The number of aryl methyl sites for hydroxylation is 1. The highest BCUT2D eigenvalue weighted by Crippen LogP contribution is 2.58. The number of Topliss-reactive ketones (excluding diaryl/α,β-unsaturated/α-hetero) is 1. The standard InChI is InChI=1S/C21H14F3N3O4/c1-27-18-13(15(26-27)21(22,23)24)20(14(17(25)31-18)19(29)30-2)11-8-4-6-9-5-3-7-10(12(9)11)16(20)28/h3-8H,25H2,1-2H3. The third kappa shape index (κ3) is 2.16. The van der Waals surface area contributed by atoms with Crippen molar-refractivity contribution in [3.8, 4) is 5.88 Å². The molecule has 0 fully saturated rings. The Labute approximate surface area is 172 Å². The SMILES string of the molecule is COC(=O)C1=C(N)Oc2c(c(C(F)(F)F)nn2C)C12C(=O)c1cccc3cccc2c13. The van der Waals surface area contributed by atoms with Crippen LogP contribution >= 0.6 is 0 Å². The summed E-state index contributed by atoms with van der Waals surface area (Å²) in [5.74, 6) is -2.69. The van der Waals surface area contributed by atoms with E-state index in [1.807, 2.05) is 0 Å². The molecule has 7 nitrogen and oxygen atoms in total. The highest BCUT2D eigenvalue weighted by molar-refractivity contribution is 6.26. The van der Waals surface area contributed by atoms with E-state index in [9.17, 15) is 22.8 Å². The number of carbonyl (C=O) groups excluding carboxylic acids is 2. The summed E-state index contributed by atoms with van der Waals surface area (Å²) in [6.07, 6.45) is -4.93. The van der Waals surface area contributed by atoms with Crippen LogP contribution in [0.25, 0.3) is 10.8 Å². The molecule has 1 spiro atoms. The van der Waals surface area contributed by atoms with Crippen LogP contribution in [-0.2, 0) is 28.2 Å². The molecule has 31 heavy (non-hydrogen) atoms. The van der Waals surface area contributed by atoms with Gasteiger partial charge in [0, 0.05) is 12.6 Å². The van der Waals surface area contributed by atoms with E-state index in [0.717, 1.165) is 11.8 Å². The van der Waals surface area contributed by atoms with Gasteiger partial charge in [0.15, 0.2) is 11.5 Å². The Balaban J connectivity index is 2.03. The molecular weight excluding hydrogens is 415 g/mol. The van der Waals surface area contributed by atoms with Crippen molar-refractivity contribution in [3.63, 3.8) is 0 Å². The molecule has 10 heteroatoms. The molecule has 0 bridgehead atoms. The Kier molecular flexibility index (Phi) is 3.63. The fourth-order valence-corrected chi connectivity index (χ4v) is 4.65. The highest BCUT2D eigenvalue weighted by atomic mass is 19.4. The molecule has 3 aromatic rings. The lowest BCUT2D eigenvalue weighted by atomic mass is 9.67. The Hall–Kier alpha value is -3.82. The maximum Gasteiger partial charge on any atom is 0.435 e. The summed E-state index contributed by atoms with van der Waals surface area (Å²) in [6, 6.07) is 9.70. The number of aromatic nitrogens is 2. The molecule has 0 amide bonds. The van der Waals surface area contributed by atoms with Crippen molar-refractivity contribution in [1.29, 1.82) is 0 Å². The third-order valence-electron chi connectivity index (χ3n) is 5.75. The van der Waals surface area contributed by atoms with Gasteiger partial charge in [0.05, 0.1) is 12.7 Å². The van der Waals surface area contributed by atoms with Crippen molar-refractivity contribution in [2.24, 2.45) is 12.8 Å². The lowest BCUT2D eigenvalue weighted by Crippen LogP contribution is -2.45. The summed E-state index contributed by atoms with van der Waals surface area (Å²) in [5, 5.41) is 4.65.